The fourth-order valence-electron chi connectivity index (χ4n) is 15.9. The van der Waals surface area contributed by atoms with Crippen LogP contribution in [-0.2, 0) is 6.42 Å². The van der Waals surface area contributed by atoms with Crippen molar-refractivity contribution < 1.29 is 42.4 Å². The molecule has 14 aromatic carbocycles. The third-order valence-corrected chi connectivity index (χ3v) is 26.4. The molecule has 2 aliphatic rings. The van der Waals surface area contributed by atoms with E-state index in [1.54, 1.807) is 23.5 Å². The Hall–Kier alpha value is -6.60. The van der Waals surface area contributed by atoms with Crippen molar-refractivity contribution in [3.05, 3.63) is 186 Å². The summed E-state index contributed by atoms with van der Waals surface area (Å²) >= 11 is -0.497. The first-order valence-electron chi connectivity index (χ1n) is 29.9. The van der Waals surface area contributed by atoms with E-state index in [4.69, 9.17) is 0 Å². The molecular weight excluding hydrogens is 1200 g/mol. The van der Waals surface area contributed by atoms with Crippen molar-refractivity contribution in [3.8, 4) is 66.8 Å². The van der Waals surface area contributed by atoms with Crippen molar-refractivity contribution in [3.63, 3.8) is 0 Å². The molecule has 0 heterocycles. The molecule has 0 saturated carbocycles. The Morgan fingerprint density at radius 2 is 0.815 bits per heavy atom. The van der Waals surface area contributed by atoms with Crippen LogP contribution < -0.4 is 42.4 Å². The number of halogens is 2. The van der Waals surface area contributed by atoms with Crippen LogP contribution in [0.15, 0.2) is 140 Å². The predicted octanol–water partition coefficient (Wildman–Crippen LogP) is 16.3. The minimum atomic E-state index is -0.335. The molecule has 0 spiro atoms. The molecule has 2 aliphatic carbocycles. The molecule has 0 fully saturated rings. The summed E-state index contributed by atoms with van der Waals surface area (Å²) in [6.45, 7) is 23.7. The fourth-order valence-corrected chi connectivity index (χ4v) is 21.8. The second-order valence-corrected chi connectivity index (χ2v) is 30.1. The van der Waals surface area contributed by atoms with E-state index in [1.165, 1.54) is 208 Å². The van der Waals surface area contributed by atoms with E-state index in [1.807, 2.05) is 0 Å². The maximum absolute atomic E-state index is 2.60. The molecule has 0 aromatic heterocycles. The van der Waals surface area contributed by atoms with Gasteiger partial charge in [-0.15, -0.1) is 0 Å². The van der Waals surface area contributed by atoms with Crippen LogP contribution in [0, 0.1) is 54.6 Å². The van der Waals surface area contributed by atoms with Crippen molar-refractivity contribution in [1.29, 1.82) is 0 Å². The third kappa shape index (κ3) is 6.70. The normalized spacial score (nSPS) is 13.3. The Bertz CT molecular complexity index is 5070. The Morgan fingerprint density at radius 3 is 1.48 bits per heavy atom. The van der Waals surface area contributed by atoms with Crippen molar-refractivity contribution >= 4 is 97.0 Å². The van der Waals surface area contributed by atoms with Crippen LogP contribution in [0.25, 0.3) is 164 Å². The molecular formula is C79H66I2-2. The molecule has 1 unspecified atom stereocenters. The van der Waals surface area contributed by atoms with E-state index < -0.39 is 0 Å². The van der Waals surface area contributed by atoms with Gasteiger partial charge in [0.1, 0.15) is 0 Å². The second-order valence-electron chi connectivity index (χ2n) is 24.3. The zero-order valence-corrected chi connectivity index (χ0v) is 52.7. The molecule has 398 valence electrons. The van der Waals surface area contributed by atoms with Crippen molar-refractivity contribution in [1.82, 2.24) is 0 Å². The van der Waals surface area contributed by atoms with Crippen LogP contribution in [0.2, 0.25) is 0 Å². The molecule has 0 nitrogen and oxygen atoms in total. The summed E-state index contributed by atoms with van der Waals surface area (Å²) in [5.41, 5.74) is 26.9. The fraction of sp³-hybridized carbons (Fsp3) is 0.215. The summed E-state index contributed by atoms with van der Waals surface area (Å²) in [5, 5.41) is 26.2. The Morgan fingerprint density at radius 1 is 0.321 bits per heavy atom. The van der Waals surface area contributed by atoms with E-state index in [0.29, 0.717) is 5.92 Å². The van der Waals surface area contributed by atoms with Gasteiger partial charge in [-0.3, -0.25) is 0 Å². The second kappa shape index (κ2) is 18.5. The zero-order valence-electron chi connectivity index (χ0n) is 48.4. The van der Waals surface area contributed by atoms with Crippen LogP contribution in [0.1, 0.15) is 85.9 Å². The number of hydrogen-bond acceptors (Lipinski definition) is 0. The number of alkyl halides is 2. The maximum atomic E-state index is 2.60. The molecule has 0 amide bonds. The summed E-state index contributed by atoms with van der Waals surface area (Å²) < 4.78 is 5.86. The summed E-state index contributed by atoms with van der Waals surface area (Å²) in [5.74, 6) is 0.536. The summed E-state index contributed by atoms with van der Waals surface area (Å²) in [6.07, 6.45) is 4.64. The Labute approximate surface area is 497 Å². The monoisotopic (exact) mass is 1270 g/mol. The first-order chi connectivity index (χ1) is 39.5. The van der Waals surface area contributed by atoms with Gasteiger partial charge in [-0.25, -0.2) is 0 Å². The summed E-state index contributed by atoms with van der Waals surface area (Å²) in [4.78, 5) is 0. The Balaban J connectivity index is 0.966. The van der Waals surface area contributed by atoms with E-state index in [0.717, 1.165) is 12.8 Å². The first-order valence-corrected chi connectivity index (χ1v) is 35.1. The van der Waals surface area contributed by atoms with Crippen LogP contribution in [0.5, 0.6) is 0 Å². The molecule has 1 atom stereocenters. The molecule has 2 heteroatoms. The van der Waals surface area contributed by atoms with Crippen LogP contribution in [-0.4, -0.2) is 8.86 Å². The van der Waals surface area contributed by atoms with Gasteiger partial charge in [-0.05, 0) is 13.8 Å². The van der Waals surface area contributed by atoms with Gasteiger partial charge in [-0.2, -0.15) is 0 Å². The number of aryl methyl sites for hydroxylation is 6. The topological polar surface area (TPSA) is 0 Å². The summed E-state index contributed by atoms with van der Waals surface area (Å²) in [7, 11) is 0. The number of benzene rings is 12. The van der Waals surface area contributed by atoms with E-state index in [9.17, 15) is 0 Å². The standard InChI is InChI=1S/C79H66I2/c1-11-35-80-78-53-20-15-14-19-47(53)46(10)68-55-24-18-23-54-63(44(8)39-62(71(54)55)77(68)78)51-32-34-59-70-50(51)22-17-26-57(70)76-73(59)61(37-40(4)13-3)72-58-33-31-48(49-21-16-25-56(69(49)58)75(72)79(76)81-36-12-2)60-38-45(9)67-65-42(6)28-27-41(5)64(65)66-43(7)29-30-52(60)74(66)67/h14-34,38-40H,11-13,35-37H2,1-10H3/q-2. The number of hydrogen-bond donors (Lipinski definition) is 0. The van der Waals surface area contributed by atoms with Gasteiger partial charge >= 0.3 is 475 Å². The molecule has 0 N–H and O–H groups in total. The quantitative estimate of drug-likeness (QED) is 0.0894. The van der Waals surface area contributed by atoms with Gasteiger partial charge in [0.05, 0.1) is 0 Å². The molecule has 0 bridgehead atoms. The molecule has 0 saturated heterocycles. The van der Waals surface area contributed by atoms with Crippen LogP contribution in [0.4, 0.5) is 0 Å². The van der Waals surface area contributed by atoms with Gasteiger partial charge in [-0.1, -0.05) is 12.1 Å². The number of rotatable bonds is 11. The zero-order chi connectivity index (χ0) is 55.0. The molecule has 16 rings (SSSR count). The van der Waals surface area contributed by atoms with Gasteiger partial charge < -0.3 is 0 Å². The number of fused-ring (bicyclic) bond motifs is 13. The molecule has 0 radical (unpaired) electrons. The van der Waals surface area contributed by atoms with Crippen LogP contribution in [0.3, 0.4) is 0 Å². The average Bonchev–Trinajstić information content (AvgIpc) is 4.29. The SMILES string of the molecule is CCC[I-]c1c2c(c(C)c3ccccc13)-c1cccc3c(-c4ccc5c6c(CC(C)CC)c7c8ccc(-c9cc(C)c%10c%11c(c(C)ccc9%11)-c9c(C)ccc(C)c9-%10)c9cccc(c7c([I-]CCC)c6c6cccc4c56)c98)c(C)cc-2c13. The van der Waals surface area contributed by atoms with E-state index in [2.05, 4.69) is 209 Å². The van der Waals surface area contributed by atoms with Gasteiger partial charge in [0.15, 0.2) is 0 Å². The van der Waals surface area contributed by atoms with Crippen molar-refractivity contribution in [2.24, 2.45) is 5.92 Å². The van der Waals surface area contributed by atoms with Gasteiger partial charge in [0.2, 0.25) is 0 Å². The summed E-state index contributed by atoms with van der Waals surface area (Å²) in [6, 6.07) is 56.0. The molecule has 14 aromatic rings. The van der Waals surface area contributed by atoms with Gasteiger partial charge in [0, 0.05) is 0 Å². The first kappa shape index (κ1) is 50.2. The van der Waals surface area contributed by atoms with E-state index in [-0.39, 0.29) is 42.4 Å². The predicted molar refractivity (Wildman–Crippen MR) is 345 cm³/mol. The molecule has 81 heavy (non-hydrogen) atoms. The average molecular weight is 1270 g/mol. The van der Waals surface area contributed by atoms with E-state index >= 15 is 0 Å². The van der Waals surface area contributed by atoms with Gasteiger partial charge in [0.25, 0.3) is 0 Å². The van der Waals surface area contributed by atoms with Crippen LogP contribution >= 0.6 is 0 Å². The minimum absolute atomic E-state index is 0.161. The van der Waals surface area contributed by atoms with Crippen molar-refractivity contribution in [2.75, 3.05) is 8.86 Å². The Kier molecular flexibility index (Phi) is 11.4. The third-order valence-electron chi connectivity index (χ3n) is 19.5. The van der Waals surface area contributed by atoms with Crippen molar-refractivity contribution in [2.45, 2.75) is 94.9 Å². The molecule has 0 aliphatic heterocycles.